The van der Waals surface area contributed by atoms with Gasteiger partial charge in [0.2, 0.25) is 11.8 Å². The number of hydrogen-bond donors (Lipinski definition) is 2. The van der Waals surface area contributed by atoms with Crippen molar-refractivity contribution < 1.29 is 9.59 Å². The van der Waals surface area contributed by atoms with Gasteiger partial charge in [-0.3, -0.25) is 19.4 Å². The summed E-state index contributed by atoms with van der Waals surface area (Å²) < 4.78 is 0. The summed E-state index contributed by atoms with van der Waals surface area (Å²) in [6.07, 6.45) is 1.89. The Balaban J connectivity index is 1.45. The SMILES string of the molecule is CCc1cccc(NC(=O)CN2CCN(CC(=O)Nc3cccc(CC)c3)C(C)C2)c1. The molecule has 1 aliphatic rings. The fourth-order valence-corrected chi connectivity index (χ4v) is 3.98. The molecule has 2 N–H and O–H groups in total. The highest BCUT2D eigenvalue weighted by molar-refractivity contribution is 5.93. The number of amides is 2. The molecule has 2 amide bonds. The minimum Gasteiger partial charge on any atom is -0.325 e. The predicted molar refractivity (Wildman–Crippen MR) is 126 cm³/mol. The second kappa shape index (κ2) is 11.1. The van der Waals surface area contributed by atoms with Crippen molar-refractivity contribution in [1.82, 2.24) is 9.80 Å². The van der Waals surface area contributed by atoms with Crippen molar-refractivity contribution >= 4 is 23.2 Å². The molecule has 1 fully saturated rings. The number of nitrogens with one attached hydrogen (secondary N) is 2. The molecule has 31 heavy (non-hydrogen) atoms. The van der Waals surface area contributed by atoms with Gasteiger partial charge in [0, 0.05) is 37.1 Å². The Hall–Kier alpha value is -2.70. The van der Waals surface area contributed by atoms with Crippen LogP contribution in [0.3, 0.4) is 0 Å². The van der Waals surface area contributed by atoms with Crippen molar-refractivity contribution in [3.8, 4) is 0 Å². The molecule has 1 atom stereocenters. The fourth-order valence-electron chi connectivity index (χ4n) is 3.98. The molecule has 2 aromatic rings. The molecule has 1 aliphatic heterocycles. The van der Waals surface area contributed by atoms with E-state index in [0.717, 1.165) is 43.9 Å². The predicted octanol–water partition coefficient (Wildman–Crippen LogP) is 3.39. The van der Waals surface area contributed by atoms with Gasteiger partial charge in [0.1, 0.15) is 0 Å². The van der Waals surface area contributed by atoms with Crippen LogP contribution in [0.1, 0.15) is 31.9 Å². The van der Waals surface area contributed by atoms with Crippen LogP contribution in [0.2, 0.25) is 0 Å². The number of benzene rings is 2. The lowest BCUT2D eigenvalue weighted by Gasteiger charge is -2.39. The zero-order valence-electron chi connectivity index (χ0n) is 18.9. The van der Waals surface area contributed by atoms with E-state index in [-0.39, 0.29) is 17.9 Å². The van der Waals surface area contributed by atoms with Crippen LogP contribution < -0.4 is 10.6 Å². The third kappa shape index (κ3) is 6.91. The normalized spacial score (nSPS) is 17.3. The van der Waals surface area contributed by atoms with Gasteiger partial charge in [0.15, 0.2) is 0 Å². The molecule has 6 heteroatoms. The van der Waals surface area contributed by atoms with Gasteiger partial charge in [0.05, 0.1) is 13.1 Å². The van der Waals surface area contributed by atoms with Crippen molar-refractivity contribution in [2.45, 2.75) is 39.7 Å². The summed E-state index contributed by atoms with van der Waals surface area (Å²) in [6.45, 7) is 9.34. The Bertz CT molecular complexity index is 899. The number of anilines is 2. The van der Waals surface area contributed by atoms with E-state index in [4.69, 9.17) is 0 Å². The van der Waals surface area contributed by atoms with Crippen molar-refractivity contribution in [3.05, 3.63) is 59.7 Å². The van der Waals surface area contributed by atoms with Crippen molar-refractivity contribution in [2.24, 2.45) is 0 Å². The molecular weight excluding hydrogens is 388 g/mol. The van der Waals surface area contributed by atoms with E-state index in [2.05, 4.69) is 53.3 Å². The van der Waals surface area contributed by atoms with E-state index >= 15 is 0 Å². The molecular formula is C25H34N4O2. The molecule has 0 radical (unpaired) electrons. The van der Waals surface area contributed by atoms with Crippen molar-refractivity contribution in [1.29, 1.82) is 0 Å². The first-order valence-electron chi connectivity index (χ1n) is 11.2. The number of carbonyl (C=O) groups excluding carboxylic acids is 2. The Labute approximate surface area is 185 Å². The molecule has 0 aliphatic carbocycles. The zero-order valence-corrected chi connectivity index (χ0v) is 18.9. The van der Waals surface area contributed by atoms with Crippen molar-refractivity contribution in [3.63, 3.8) is 0 Å². The van der Waals surface area contributed by atoms with Crippen LogP contribution in [-0.2, 0) is 22.4 Å². The minimum absolute atomic E-state index is 0.00195. The summed E-state index contributed by atoms with van der Waals surface area (Å²) in [7, 11) is 0. The monoisotopic (exact) mass is 422 g/mol. The van der Waals surface area contributed by atoms with E-state index in [1.165, 1.54) is 11.1 Å². The van der Waals surface area contributed by atoms with Crippen LogP contribution in [0.4, 0.5) is 11.4 Å². The second-order valence-corrected chi connectivity index (χ2v) is 8.26. The molecule has 1 unspecified atom stereocenters. The third-order valence-corrected chi connectivity index (χ3v) is 5.80. The van der Waals surface area contributed by atoms with E-state index < -0.39 is 0 Å². The number of rotatable bonds is 8. The molecule has 0 spiro atoms. The number of hydrogen-bond acceptors (Lipinski definition) is 4. The molecule has 2 aromatic carbocycles. The van der Waals surface area contributed by atoms with Crippen molar-refractivity contribution in [2.75, 3.05) is 43.4 Å². The lowest BCUT2D eigenvalue weighted by molar-refractivity contribution is -0.120. The number of carbonyl (C=O) groups is 2. The summed E-state index contributed by atoms with van der Waals surface area (Å²) in [6, 6.07) is 16.2. The first-order chi connectivity index (χ1) is 15.0. The van der Waals surface area contributed by atoms with E-state index in [1.54, 1.807) is 0 Å². The maximum atomic E-state index is 12.5. The zero-order chi connectivity index (χ0) is 22.2. The first-order valence-corrected chi connectivity index (χ1v) is 11.2. The molecule has 1 saturated heterocycles. The standard InChI is InChI=1S/C25H34N4O2/c1-4-20-8-6-10-22(14-20)26-24(30)17-28-12-13-29(19(3)16-28)18-25(31)27-23-11-7-9-21(5-2)15-23/h6-11,14-15,19H,4-5,12-13,16-18H2,1-3H3,(H,26,30)(H,27,31). The van der Waals surface area contributed by atoms with Gasteiger partial charge in [-0.1, -0.05) is 38.1 Å². The Morgan fingerprint density at radius 1 is 0.871 bits per heavy atom. The molecule has 1 heterocycles. The largest absolute Gasteiger partial charge is 0.325 e. The highest BCUT2D eigenvalue weighted by atomic mass is 16.2. The van der Waals surface area contributed by atoms with Gasteiger partial charge < -0.3 is 10.6 Å². The number of aryl methyl sites for hydroxylation is 2. The molecule has 6 nitrogen and oxygen atoms in total. The third-order valence-electron chi connectivity index (χ3n) is 5.80. The van der Waals surface area contributed by atoms with Gasteiger partial charge in [-0.05, 0) is 55.2 Å². The van der Waals surface area contributed by atoms with E-state index in [9.17, 15) is 9.59 Å². The summed E-state index contributed by atoms with van der Waals surface area (Å²) in [4.78, 5) is 29.3. The Kier molecular flexibility index (Phi) is 8.20. The fraction of sp³-hybridized carbons (Fsp3) is 0.440. The van der Waals surface area contributed by atoms with Crippen LogP contribution in [0.15, 0.2) is 48.5 Å². The topological polar surface area (TPSA) is 64.7 Å². The molecule has 0 saturated carbocycles. The van der Waals surface area contributed by atoms with E-state index in [1.807, 2.05) is 36.4 Å². The van der Waals surface area contributed by atoms with Gasteiger partial charge in [0.25, 0.3) is 0 Å². The van der Waals surface area contributed by atoms with Gasteiger partial charge in [-0.25, -0.2) is 0 Å². The van der Waals surface area contributed by atoms with Crippen LogP contribution in [0.25, 0.3) is 0 Å². The Morgan fingerprint density at radius 3 is 1.94 bits per heavy atom. The van der Waals surface area contributed by atoms with Crippen LogP contribution in [0.5, 0.6) is 0 Å². The molecule has 0 aromatic heterocycles. The quantitative estimate of drug-likeness (QED) is 0.684. The lowest BCUT2D eigenvalue weighted by Crippen LogP contribution is -2.54. The maximum Gasteiger partial charge on any atom is 0.238 e. The van der Waals surface area contributed by atoms with Crippen LogP contribution in [0, 0.1) is 0 Å². The highest BCUT2D eigenvalue weighted by Gasteiger charge is 2.26. The number of piperazine rings is 1. The average Bonchev–Trinajstić information content (AvgIpc) is 2.75. The first kappa shape index (κ1) is 23.0. The average molecular weight is 423 g/mol. The van der Waals surface area contributed by atoms with Gasteiger partial charge in [-0.15, -0.1) is 0 Å². The molecule has 0 bridgehead atoms. The lowest BCUT2D eigenvalue weighted by atomic mass is 10.1. The Morgan fingerprint density at radius 2 is 1.42 bits per heavy atom. The summed E-state index contributed by atoms with van der Waals surface area (Å²) in [5.41, 5.74) is 4.11. The minimum atomic E-state index is 0.00195. The smallest absolute Gasteiger partial charge is 0.238 e. The summed E-state index contributed by atoms with van der Waals surface area (Å²) >= 11 is 0. The molecule has 3 rings (SSSR count). The summed E-state index contributed by atoms with van der Waals surface area (Å²) in [5.74, 6) is 0.00422. The highest BCUT2D eigenvalue weighted by Crippen LogP contribution is 2.14. The number of nitrogens with zero attached hydrogens (tertiary/aromatic N) is 2. The molecule has 166 valence electrons. The second-order valence-electron chi connectivity index (χ2n) is 8.26. The van der Waals surface area contributed by atoms with Gasteiger partial charge >= 0.3 is 0 Å². The van der Waals surface area contributed by atoms with Crippen LogP contribution in [-0.4, -0.2) is 60.4 Å². The van der Waals surface area contributed by atoms with Crippen LogP contribution >= 0.6 is 0 Å². The summed E-state index contributed by atoms with van der Waals surface area (Å²) in [5, 5.41) is 6.01. The van der Waals surface area contributed by atoms with Gasteiger partial charge in [-0.2, -0.15) is 0 Å². The maximum absolute atomic E-state index is 12.5. The van der Waals surface area contributed by atoms with E-state index in [0.29, 0.717) is 13.1 Å².